The van der Waals surface area contributed by atoms with E-state index in [0.717, 1.165) is 12.8 Å². The Hall–Kier alpha value is -1.00. The molecule has 1 aromatic carbocycles. The van der Waals surface area contributed by atoms with Gasteiger partial charge in [0.25, 0.3) is 0 Å². The fourth-order valence-corrected chi connectivity index (χ4v) is 3.16. The summed E-state index contributed by atoms with van der Waals surface area (Å²) in [5.41, 5.74) is -0.108. The average molecular weight is 335 g/mol. The molecule has 20 heavy (non-hydrogen) atoms. The van der Waals surface area contributed by atoms with Gasteiger partial charge in [0.05, 0.1) is 17.7 Å². The third kappa shape index (κ3) is 3.18. The first-order chi connectivity index (χ1) is 9.29. The summed E-state index contributed by atoms with van der Waals surface area (Å²) in [6, 6.07) is 4.79. The van der Waals surface area contributed by atoms with Crippen LogP contribution in [0.4, 0.5) is 0 Å². The summed E-state index contributed by atoms with van der Waals surface area (Å²) >= 11 is 11.9. The van der Waals surface area contributed by atoms with Crippen molar-refractivity contribution in [2.24, 2.45) is 10.6 Å². The van der Waals surface area contributed by atoms with Crippen LogP contribution < -0.4 is 9.88 Å². The first-order valence-electron chi connectivity index (χ1n) is 5.80. The Morgan fingerprint density at radius 1 is 1.35 bits per heavy atom. The van der Waals surface area contributed by atoms with Gasteiger partial charge < -0.3 is 4.74 Å². The van der Waals surface area contributed by atoms with Gasteiger partial charge >= 0.3 is 0 Å². The van der Waals surface area contributed by atoms with E-state index in [2.05, 4.69) is 6.07 Å². The van der Waals surface area contributed by atoms with Crippen molar-refractivity contribution in [1.29, 1.82) is 5.26 Å². The molecule has 1 fully saturated rings. The fraction of sp³-hybridized carbons (Fsp3) is 0.417. The minimum atomic E-state index is -3.93. The minimum Gasteiger partial charge on any atom is -0.491 e. The Labute approximate surface area is 127 Å². The maximum Gasteiger partial charge on any atom is 0.239 e. The van der Waals surface area contributed by atoms with Crippen LogP contribution in [0.5, 0.6) is 5.75 Å². The number of primary sulfonamides is 1. The van der Waals surface area contributed by atoms with Crippen LogP contribution in [-0.2, 0) is 10.0 Å². The molecule has 0 unspecified atom stereocenters. The lowest BCUT2D eigenvalue weighted by Crippen LogP contribution is -2.14. The minimum absolute atomic E-state index is 0.00551. The third-order valence-electron chi connectivity index (χ3n) is 3.26. The van der Waals surface area contributed by atoms with Crippen molar-refractivity contribution in [3.63, 3.8) is 0 Å². The Balaban J connectivity index is 2.19. The van der Waals surface area contributed by atoms with Crippen molar-refractivity contribution in [3.8, 4) is 11.8 Å². The second-order valence-corrected chi connectivity index (χ2v) is 7.14. The Morgan fingerprint density at radius 3 is 2.50 bits per heavy atom. The molecule has 0 amide bonds. The van der Waals surface area contributed by atoms with Crippen LogP contribution >= 0.6 is 23.2 Å². The third-order valence-corrected chi connectivity index (χ3v) is 5.19. The summed E-state index contributed by atoms with van der Waals surface area (Å²) in [5.74, 6) is 0.285. The lowest BCUT2D eigenvalue weighted by Gasteiger charge is -2.15. The van der Waals surface area contributed by atoms with Gasteiger partial charge in [-0.25, -0.2) is 13.6 Å². The van der Waals surface area contributed by atoms with E-state index in [1.54, 1.807) is 0 Å². The fourth-order valence-electron chi connectivity index (χ4n) is 1.79. The lowest BCUT2D eigenvalue weighted by molar-refractivity contribution is 0.237. The number of nitrogens with zero attached hydrogens (tertiary/aromatic N) is 1. The number of sulfonamides is 1. The quantitative estimate of drug-likeness (QED) is 0.895. The Morgan fingerprint density at radius 2 is 2.00 bits per heavy atom. The molecule has 1 aliphatic carbocycles. The highest BCUT2D eigenvalue weighted by molar-refractivity contribution is 7.89. The van der Waals surface area contributed by atoms with E-state index in [0.29, 0.717) is 13.0 Å². The zero-order valence-corrected chi connectivity index (χ0v) is 12.7. The number of rotatable bonds is 5. The van der Waals surface area contributed by atoms with Crippen molar-refractivity contribution in [2.75, 3.05) is 6.61 Å². The molecule has 0 spiro atoms. The summed E-state index contributed by atoms with van der Waals surface area (Å²) in [5, 5.41) is 13.6. The van der Waals surface area contributed by atoms with Crippen LogP contribution in [0.2, 0.25) is 10.0 Å². The predicted octanol–water partition coefficient (Wildman–Crippen LogP) is 2.71. The van der Waals surface area contributed by atoms with Gasteiger partial charge in [-0.2, -0.15) is 5.26 Å². The molecule has 0 heterocycles. The summed E-state index contributed by atoms with van der Waals surface area (Å²) < 4.78 is 28.1. The van der Waals surface area contributed by atoms with Crippen LogP contribution in [0.3, 0.4) is 0 Å². The van der Waals surface area contributed by atoms with E-state index in [-0.39, 0.29) is 26.1 Å². The number of hydrogen-bond donors (Lipinski definition) is 1. The molecule has 0 radical (unpaired) electrons. The van der Waals surface area contributed by atoms with Gasteiger partial charge in [-0.05, 0) is 25.0 Å². The molecule has 2 N–H and O–H groups in total. The SMILES string of the molecule is N#CCC1(COc2ccc(S(N)(=O)=O)c(Cl)c2Cl)CC1. The zero-order valence-electron chi connectivity index (χ0n) is 10.4. The van der Waals surface area contributed by atoms with Gasteiger partial charge in [0.1, 0.15) is 15.7 Å². The molecule has 0 aromatic heterocycles. The molecule has 8 heteroatoms. The van der Waals surface area contributed by atoms with E-state index >= 15 is 0 Å². The maximum absolute atomic E-state index is 11.3. The van der Waals surface area contributed by atoms with E-state index in [1.807, 2.05) is 0 Å². The standard InChI is InChI=1S/C12H12Cl2N2O3S/c13-10-8(19-7-12(3-4-12)5-6-15)1-2-9(11(10)14)20(16,17)18/h1-2H,3-5,7H2,(H2,16,17,18). The van der Waals surface area contributed by atoms with Gasteiger partial charge in [-0.3, -0.25) is 0 Å². The summed E-state index contributed by atoms with van der Waals surface area (Å²) in [7, 11) is -3.93. The second kappa shape index (κ2) is 5.41. The number of ether oxygens (including phenoxy) is 1. The highest BCUT2D eigenvalue weighted by Gasteiger charge is 2.43. The van der Waals surface area contributed by atoms with E-state index < -0.39 is 10.0 Å². The van der Waals surface area contributed by atoms with Crippen molar-refractivity contribution in [3.05, 3.63) is 22.2 Å². The molecule has 0 saturated heterocycles. The zero-order chi connectivity index (χ0) is 15.0. The molecule has 108 valence electrons. The molecule has 2 rings (SSSR count). The first kappa shape index (κ1) is 15.4. The highest BCUT2D eigenvalue weighted by Crippen LogP contribution is 2.49. The number of hydrogen-bond acceptors (Lipinski definition) is 4. The number of halogens is 2. The van der Waals surface area contributed by atoms with Crippen molar-refractivity contribution in [1.82, 2.24) is 0 Å². The molecule has 1 aliphatic rings. The summed E-state index contributed by atoms with van der Waals surface area (Å²) in [6.45, 7) is 0.353. The summed E-state index contributed by atoms with van der Waals surface area (Å²) in [6.07, 6.45) is 2.29. The summed E-state index contributed by atoms with van der Waals surface area (Å²) in [4.78, 5) is -0.241. The number of nitriles is 1. The van der Waals surface area contributed by atoms with E-state index in [1.165, 1.54) is 12.1 Å². The van der Waals surface area contributed by atoms with Gasteiger partial charge in [-0.15, -0.1) is 0 Å². The molecule has 5 nitrogen and oxygen atoms in total. The molecular weight excluding hydrogens is 323 g/mol. The van der Waals surface area contributed by atoms with Crippen molar-refractivity contribution in [2.45, 2.75) is 24.2 Å². The van der Waals surface area contributed by atoms with Crippen LogP contribution in [0.1, 0.15) is 19.3 Å². The molecule has 1 saturated carbocycles. The smallest absolute Gasteiger partial charge is 0.239 e. The Bertz CT molecular complexity index is 679. The molecule has 0 atom stereocenters. The van der Waals surface area contributed by atoms with Gasteiger partial charge in [0.2, 0.25) is 10.0 Å². The largest absolute Gasteiger partial charge is 0.491 e. The van der Waals surface area contributed by atoms with Crippen molar-refractivity contribution >= 4 is 33.2 Å². The molecule has 1 aromatic rings. The number of nitrogens with two attached hydrogens (primary N) is 1. The lowest BCUT2D eigenvalue weighted by atomic mass is 10.1. The number of benzene rings is 1. The molecule has 0 aliphatic heterocycles. The Kier molecular flexibility index (Phi) is 4.17. The van der Waals surface area contributed by atoms with Crippen LogP contribution in [0.15, 0.2) is 17.0 Å². The monoisotopic (exact) mass is 334 g/mol. The normalized spacial score (nSPS) is 16.5. The maximum atomic E-state index is 11.3. The first-order valence-corrected chi connectivity index (χ1v) is 8.10. The van der Waals surface area contributed by atoms with Crippen LogP contribution in [-0.4, -0.2) is 15.0 Å². The van der Waals surface area contributed by atoms with Crippen LogP contribution in [0.25, 0.3) is 0 Å². The van der Waals surface area contributed by atoms with Gasteiger partial charge in [0, 0.05) is 11.8 Å². The van der Waals surface area contributed by atoms with Gasteiger partial charge in [0.15, 0.2) is 0 Å². The van der Waals surface area contributed by atoms with Gasteiger partial charge in [-0.1, -0.05) is 23.2 Å². The molecular formula is C12H12Cl2N2O3S. The second-order valence-electron chi connectivity index (χ2n) is 4.86. The predicted molar refractivity (Wildman–Crippen MR) is 75.2 cm³/mol. The van der Waals surface area contributed by atoms with E-state index in [9.17, 15) is 8.42 Å². The highest BCUT2D eigenvalue weighted by atomic mass is 35.5. The van der Waals surface area contributed by atoms with Crippen molar-refractivity contribution < 1.29 is 13.2 Å². The molecule has 0 bridgehead atoms. The van der Waals surface area contributed by atoms with Crippen LogP contribution in [0, 0.1) is 16.7 Å². The topological polar surface area (TPSA) is 93.2 Å². The van der Waals surface area contributed by atoms with E-state index in [4.69, 9.17) is 38.3 Å². The average Bonchev–Trinajstić information content (AvgIpc) is 3.10.